The molecule has 0 bridgehead atoms. The number of nitrogens with zero attached hydrogens (tertiary/aromatic N) is 3. The fourth-order valence-electron chi connectivity index (χ4n) is 2.04. The molecule has 2 N–H and O–H groups in total. The maximum absolute atomic E-state index is 9.67. The van der Waals surface area contributed by atoms with Crippen LogP contribution in [0.1, 0.15) is 19.0 Å². The molecule has 0 amide bonds. The molecule has 0 aliphatic rings. The van der Waals surface area contributed by atoms with Gasteiger partial charge in [-0.05, 0) is 18.6 Å². The van der Waals surface area contributed by atoms with Gasteiger partial charge in [-0.1, -0.05) is 13.3 Å². The third-order valence-electron chi connectivity index (χ3n) is 2.96. The lowest BCUT2D eigenvalue weighted by Gasteiger charge is -2.13. The normalized spacial score (nSPS) is 12.6. The van der Waals surface area contributed by atoms with E-state index < -0.39 is 6.10 Å². The number of aryl methyl sites for hydroxylation is 1. The number of fused-ring (bicyclic) bond motifs is 1. The molecule has 0 aromatic carbocycles. The van der Waals surface area contributed by atoms with E-state index in [0.29, 0.717) is 12.4 Å². The number of aromatic nitrogens is 3. The first kappa shape index (κ1) is 14.6. The molecular formula is C14H20N4O2. The molecule has 2 heterocycles. The fourth-order valence-corrected chi connectivity index (χ4v) is 2.04. The van der Waals surface area contributed by atoms with Crippen molar-refractivity contribution in [1.29, 1.82) is 0 Å². The van der Waals surface area contributed by atoms with Gasteiger partial charge in [-0.25, -0.2) is 0 Å². The van der Waals surface area contributed by atoms with Gasteiger partial charge < -0.3 is 15.2 Å². The van der Waals surface area contributed by atoms with Gasteiger partial charge in [0.2, 0.25) is 0 Å². The van der Waals surface area contributed by atoms with Gasteiger partial charge in [0, 0.05) is 25.2 Å². The van der Waals surface area contributed by atoms with Crippen molar-refractivity contribution < 1.29 is 9.84 Å². The Bertz CT molecular complexity index is 562. The van der Waals surface area contributed by atoms with Crippen molar-refractivity contribution in [2.45, 2.75) is 25.9 Å². The molecule has 6 nitrogen and oxygen atoms in total. The van der Waals surface area contributed by atoms with Gasteiger partial charge in [-0.15, -0.1) is 5.10 Å². The number of aliphatic hydroxyl groups excluding tert-OH is 1. The molecule has 1 unspecified atom stereocenters. The Morgan fingerprint density at radius 3 is 3.00 bits per heavy atom. The van der Waals surface area contributed by atoms with Crippen LogP contribution in [0.2, 0.25) is 0 Å². The number of hydrogen-bond donors (Lipinski definition) is 2. The maximum atomic E-state index is 9.67. The molecule has 0 spiro atoms. The molecule has 108 valence electrons. The molecule has 0 radical (unpaired) electrons. The first-order valence-corrected chi connectivity index (χ1v) is 6.77. The third-order valence-corrected chi connectivity index (χ3v) is 2.96. The van der Waals surface area contributed by atoms with Crippen LogP contribution >= 0.6 is 0 Å². The molecule has 0 aliphatic heterocycles. The van der Waals surface area contributed by atoms with Gasteiger partial charge in [0.05, 0.1) is 23.9 Å². The minimum absolute atomic E-state index is 0.282. The van der Waals surface area contributed by atoms with E-state index in [4.69, 9.17) is 4.74 Å². The first-order valence-electron chi connectivity index (χ1n) is 6.77. The zero-order valence-electron chi connectivity index (χ0n) is 11.8. The smallest absolute Gasteiger partial charge is 0.158 e. The van der Waals surface area contributed by atoms with Gasteiger partial charge >= 0.3 is 0 Å². The SMILES string of the molecule is CCCc1nnc(NCC(O)COC)c2cccnc12. The average molecular weight is 276 g/mol. The van der Waals surface area contributed by atoms with Gasteiger partial charge in [-0.2, -0.15) is 5.10 Å². The Balaban J connectivity index is 2.24. The number of aliphatic hydroxyl groups is 1. The van der Waals surface area contributed by atoms with E-state index in [9.17, 15) is 5.11 Å². The number of nitrogens with one attached hydrogen (secondary N) is 1. The number of pyridine rings is 1. The second-order valence-electron chi connectivity index (χ2n) is 4.63. The second-order valence-corrected chi connectivity index (χ2v) is 4.63. The van der Waals surface area contributed by atoms with Gasteiger partial charge in [0.15, 0.2) is 5.82 Å². The number of ether oxygens (including phenoxy) is 1. The molecule has 20 heavy (non-hydrogen) atoms. The van der Waals surface area contributed by atoms with Crippen molar-refractivity contribution in [3.8, 4) is 0 Å². The van der Waals surface area contributed by atoms with Crippen LogP contribution in [0.4, 0.5) is 5.82 Å². The predicted octanol–water partition coefficient (Wildman–Crippen LogP) is 1.40. The molecule has 0 fully saturated rings. The van der Waals surface area contributed by atoms with E-state index in [-0.39, 0.29) is 6.61 Å². The highest BCUT2D eigenvalue weighted by Crippen LogP contribution is 2.21. The molecule has 0 saturated heterocycles. The summed E-state index contributed by atoms with van der Waals surface area (Å²) in [5, 5.41) is 22.1. The van der Waals surface area contributed by atoms with Crippen LogP contribution in [0, 0.1) is 0 Å². The summed E-state index contributed by atoms with van der Waals surface area (Å²) in [5.41, 5.74) is 1.78. The van der Waals surface area contributed by atoms with Crippen molar-refractivity contribution >= 4 is 16.7 Å². The first-order chi connectivity index (χ1) is 9.76. The van der Waals surface area contributed by atoms with E-state index >= 15 is 0 Å². The molecule has 2 aromatic heterocycles. The molecule has 1 atom stereocenters. The quantitative estimate of drug-likeness (QED) is 0.795. The molecule has 2 aromatic rings. The summed E-state index contributed by atoms with van der Waals surface area (Å²) < 4.78 is 4.89. The minimum atomic E-state index is -0.580. The maximum Gasteiger partial charge on any atom is 0.158 e. The Morgan fingerprint density at radius 2 is 2.25 bits per heavy atom. The van der Waals surface area contributed by atoms with E-state index in [0.717, 1.165) is 29.4 Å². The Labute approximate surface area is 118 Å². The average Bonchev–Trinajstić information content (AvgIpc) is 2.47. The molecular weight excluding hydrogens is 256 g/mol. The van der Waals surface area contributed by atoms with Crippen molar-refractivity contribution in [1.82, 2.24) is 15.2 Å². The van der Waals surface area contributed by atoms with Crippen LogP contribution in [-0.2, 0) is 11.2 Å². The zero-order chi connectivity index (χ0) is 14.4. The van der Waals surface area contributed by atoms with Crippen LogP contribution in [0.3, 0.4) is 0 Å². The number of methoxy groups -OCH3 is 1. The Morgan fingerprint density at radius 1 is 1.40 bits per heavy atom. The van der Waals surface area contributed by atoms with Gasteiger partial charge in [0.25, 0.3) is 0 Å². The highest BCUT2D eigenvalue weighted by atomic mass is 16.5. The number of rotatable bonds is 7. The largest absolute Gasteiger partial charge is 0.389 e. The zero-order valence-corrected chi connectivity index (χ0v) is 11.8. The standard InChI is InChI=1S/C14H20N4O2/c1-3-5-12-13-11(6-4-7-15-13)14(18-17-12)16-8-10(19)9-20-2/h4,6-7,10,19H,3,5,8-9H2,1-2H3,(H,16,18). The molecule has 0 saturated carbocycles. The topological polar surface area (TPSA) is 80.2 Å². The Kier molecular flexibility index (Phi) is 5.20. The summed E-state index contributed by atoms with van der Waals surface area (Å²) in [6, 6.07) is 3.83. The van der Waals surface area contributed by atoms with E-state index in [2.05, 4.69) is 27.4 Å². The van der Waals surface area contributed by atoms with Crippen LogP contribution in [0.25, 0.3) is 10.9 Å². The summed E-state index contributed by atoms with van der Waals surface area (Å²) in [6.45, 7) is 2.74. The number of anilines is 1. The van der Waals surface area contributed by atoms with E-state index in [1.54, 1.807) is 13.3 Å². The Hall–Kier alpha value is -1.79. The van der Waals surface area contributed by atoms with Gasteiger partial charge in [-0.3, -0.25) is 4.98 Å². The summed E-state index contributed by atoms with van der Waals surface area (Å²) in [6.07, 6.45) is 3.03. The van der Waals surface area contributed by atoms with Crippen molar-refractivity contribution in [2.24, 2.45) is 0 Å². The molecule has 6 heteroatoms. The van der Waals surface area contributed by atoms with Crippen molar-refractivity contribution in [3.63, 3.8) is 0 Å². The van der Waals surface area contributed by atoms with Crippen LogP contribution < -0.4 is 5.32 Å². The van der Waals surface area contributed by atoms with Gasteiger partial charge in [0.1, 0.15) is 0 Å². The lowest BCUT2D eigenvalue weighted by molar-refractivity contribution is 0.0727. The highest BCUT2D eigenvalue weighted by molar-refractivity contribution is 5.89. The lowest BCUT2D eigenvalue weighted by atomic mass is 10.1. The summed E-state index contributed by atoms with van der Waals surface area (Å²) in [4.78, 5) is 4.39. The number of hydrogen-bond acceptors (Lipinski definition) is 6. The van der Waals surface area contributed by atoms with E-state index in [1.165, 1.54) is 0 Å². The predicted molar refractivity (Wildman–Crippen MR) is 77.7 cm³/mol. The monoisotopic (exact) mass is 276 g/mol. The second kappa shape index (κ2) is 7.12. The lowest BCUT2D eigenvalue weighted by Crippen LogP contribution is -2.24. The fraction of sp³-hybridized carbons (Fsp3) is 0.500. The van der Waals surface area contributed by atoms with Crippen LogP contribution in [0.5, 0.6) is 0 Å². The van der Waals surface area contributed by atoms with Crippen molar-refractivity contribution in [3.05, 3.63) is 24.0 Å². The van der Waals surface area contributed by atoms with Crippen LogP contribution in [0.15, 0.2) is 18.3 Å². The van der Waals surface area contributed by atoms with Crippen LogP contribution in [-0.4, -0.2) is 46.7 Å². The van der Waals surface area contributed by atoms with Crippen molar-refractivity contribution in [2.75, 3.05) is 25.6 Å². The molecule has 0 aliphatic carbocycles. The summed E-state index contributed by atoms with van der Waals surface area (Å²) in [5.74, 6) is 0.642. The van der Waals surface area contributed by atoms with E-state index in [1.807, 2.05) is 12.1 Å². The minimum Gasteiger partial charge on any atom is -0.389 e. The highest BCUT2D eigenvalue weighted by Gasteiger charge is 2.11. The summed E-state index contributed by atoms with van der Waals surface area (Å²) in [7, 11) is 1.56. The summed E-state index contributed by atoms with van der Waals surface area (Å²) >= 11 is 0. The molecule has 2 rings (SSSR count). The third kappa shape index (κ3) is 3.40.